The third-order valence-electron chi connectivity index (χ3n) is 1.58. The fourth-order valence-corrected chi connectivity index (χ4v) is 1.09. The van der Waals surface area contributed by atoms with Crippen LogP contribution < -0.4 is 0 Å². The molecule has 0 atom stereocenters. The van der Waals surface area contributed by atoms with Crippen LogP contribution in [0.25, 0.3) is 5.65 Å². The summed E-state index contributed by atoms with van der Waals surface area (Å²) >= 11 is 0. The van der Waals surface area contributed by atoms with Crippen molar-refractivity contribution < 1.29 is 0 Å². The summed E-state index contributed by atoms with van der Waals surface area (Å²) in [6, 6.07) is 2.01. The van der Waals surface area contributed by atoms with E-state index in [0.29, 0.717) is 0 Å². The molecule has 3 nitrogen and oxygen atoms in total. The molecule has 3 heteroatoms. The average Bonchev–Trinajstić information content (AvgIpc) is 2.48. The van der Waals surface area contributed by atoms with Crippen molar-refractivity contribution in [1.29, 1.82) is 0 Å². The summed E-state index contributed by atoms with van der Waals surface area (Å²) < 4.78 is 1.78. The van der Waals surface area contributed by atoms with Gasteiger partial charge in [0.2, 0.25) is 0 Å². The number of nitrogens with zero attached hydrogens (tertiary/aromatic N) is 3. The first kappa shape index (κ1) is 9.71. The van der Waals surface area contributed by atoms with Crippen LogP contribution in [-0.2, 0) is 0 Å². The Morgan fingerprint density at radius 2 is 1.92 bits per heavy atom. The molecule has 0 unspecified atom stereocenters. The van der Waals surface area contributed by atoms with Crippen LogP contribution in [0.5, 0.6) is 0 Å². The monoisotopic (exact) mass is 177 g/mol. The Labute approximate surface area is 78.4 Å². The lowest BCUT2D eigenvalue weighted by molar-refractivity contribution is 0.925. The van der Waals surface area contributed by atoms with Gasteiger partial charge in [0.05, 0.1) is 18.1 Å². The third kappa shape index (κ3) is 2.05. The van der Waals surface area contributed by atoms with Gasteiger partial charge in [0, 0.05) is 0 Å². The Balaban J connectivity index is 0.000000396. The van der Waals surface area contributed by atoms with E-state index < -0.39 is 0 Å². The van der Waals surface area contributed by atoms with Gasteiger partial charge in [-0.2, -0.15) is 5.10 Å². The summed E-state index contributed by atoms with van der Waals surface area (Å²) in [4.78, 5) is 4.27. The fourth-order valence-electron chi connectivity index (χ4n) is 1.09. The van der Waals surface area contributed by atoms with E-state index in [1.165, 1.54) is 0 Å². The molecule has 0 aromatic carbocycles. The van der Waals surface area contributed by atoms with E-state index in [1.807, 2.05) is 46.2 Å². The van der Waals surface area contributed by atoms with Crippen molar-refractivity contribution in [3.05, 3.63) is 29.7 Å². The molecule has 2 aromatic rings. The maximum absolute atomic E-state index is 4.27. The van der Waals surface area contributed by atoms with Crippen LogP contribution in [0.3, 0.4) is 0 Å². The number of fused-ring (bicyclic) bond motifs is 1. The quantitative estimate of drug-likeness (QED) is 0.618. The molecular weight excluding hydrogens is 162 g/mol. The molecule has 0 saturated heterocycles. The Kier molecular flexibility index (Phi) is 3.01. The second-order valence-corrected chi connectivity index (χ2v) is 2.72. The summed E-state index contributed by atoms with van der Waals surface area (Å²) in [7, 11) is 0. The molecule has 2 rings (SSSR count). The van der Waals surface area contributed by atoms with E-state index >= 15 is 0 Å². The number of rotatable bonds is 0. The highest BCUT2D eigenvalue weighted by atomic mass is 15.2. The molecule has 0 bridgehead atoms. The fraction of sp³-hybridized carbons (Fsp3) is 0.400. The van der Waals surface area contributed by atoms with E-state index in [9.17, 15) is 0 Å². The van der Waals surface area contributed by atoms with Gasteiger partial charge < -0.3 is 0 Å². The zero-order chi connectivity index (χ0) is 9.84. The smallest absolute Gasteiger partial charge is 0.154 e. The standard InChI is InChI=1S/C8H9N3.C2H6/c1-6-3-8-10-7(2)5-11(8)9-4-6;1-2/h3-5H,1-2H3;1-2H3. The van der Waals surface area contributed by atoms with E-state index in [1.54, 1.807) is 4.52 Å². The molecule has 0 radical (unpaired) electrons. The molecule has 0 aliphatic heterocycles. The Morgan fingerprint density at radius 3 is 2.62 bits per heavy atom. The molecule has 0 fully saturated rings. The minimum absolute atomic E-state index is 0.919. The van der Waals surface area contributed by atoms with E-state index in [0.717, 1.165) is 16.9 Å². The Hall–Kier alpha value is -1.38. The van der Waals surface area contributed by atoms with E-state index in [4.69, 9.17) is 0 Å². The highest BCUT2D eigenvalue weighted by Gasteiger charge is 1.96. The average molecular weight is 177 g/mol. The van der Waals surface area contributed by atoms with Gasteiger partial charge in [-0.25, -0.2) is 9.50 Å². The van der Waals surface area contributed by atoms with Crippen molar-refractivity contribution in [3.63, 3.8) is 0 Å². The summed E-state index contributed by atoms with van der Waals surface area (Å²) in [5.41, 5.74) is 3.06. The minimum Gasteiger partial charge on any atom is -0.232 e. The van der Waals surface area contributed by atoms with Crippen molar-refractivity contribution in [1.82, 2.24) is 14.6 Å². The SMILES string of the molecule is CC.Cc1cnn2cc(C)nc2c1. The number of aromatic nitrogens is 3. The molecule has 2 aromatic heterocycles. The molecule has 0 spiro atoms. The van der Waals surface area contributed by atoms with Crippen molar-refractivity contribution in [2.24, 2.45) is 0 Å². The van der Waals surface area contributed by atoms with Gasteiger partial charge in [0.15, 0.2) is 5.65 Å². The first-order chi connectivity index (χ1) is 6.25. The van der Waals surface area contributed by atoms with Gasteiger partial charge >= 0.3 is 0 Å². The maximum Gasteiger partial charge on any atom is 0.154 e. The zero-order valence-electron chi connectivity index (χ0n) is 8.57. The van der Waals surface area contributed by atoms with Gasteiger partial charge in [0.1, 0.15) is 0 Å². The Morgan fingerprint density at radius 1 is 1.23 bits per heavy atom. The lowest BCUT2D eigenvalue weighted by Crippen LogP contribution is -1.89. The number of hydrogen-bond donors (Lipinski definition) is 0. The molecule has 0 N–H and O–H groups in total. The maximum atomic E-state index is 4.27. The molecule has 13 heavy (non-hydrogen) atoms. The predicted octanol–water partition coefficient (Wildman–Crippen LogP) is 2.37. The summed E-state index contributed by atoms with van der Waals surface area (Å²) in [5.74, 6) is 0. The second-order valence-electron chi connectivity index (χ2n) is 2.72. The van der Waals surface area contributed by atoms with Gasteiger partial charge in [0.25, 0.3) is 0 Å². The minimum atomic E-state index is 0.919. The number of imidazole rings is 1. The van der Waals surface area contributed by atoms with Crippen molar-refractivity contribution in [3.8, 4) is 0 Å². The molecule has 0 aliphatic rings. The number of aryl methyl sites for hydroxylation is 2. The molecule has 0 saturated carbocycles. The largest absolute Gasteiger partial charge is 0.232 e. The zero-order valence-corrected chi connectivity index (χ0v) is 8.57. The highest BCUT2D eigenvalue weighted by molar-refractivity contribution is 5.39. The van der Waals surface area contributed by atoms with E-state index in [-0.39, 0.29) is 0 Å². The van der Waals surface area contributed by atoms with Crippen LogP contribution in [0.2, 0.25) is 0 Å². The molecule has 0 amide bonds. The second kappa shape index (κ2) is 4.03. The lowest BCUT2D eigenvalue weighted by Gasteiger charge is -1.91. The van der Waals surface area contributed by atoms with E-state index in [2.05, 4.69) is 10.1 Å². The van der Waals surface area contributed by atoms with Crippen LogP contribution in [-0.4, -0.2) is 14.6 Å². The van der Waals surface area contributed by atoms with Crippen LogP contribution >= 0.6 is 0 Å². The van der Waals surface area contributed by atoms with Crippen LogP contribution in [0.15, 0.2) is 18.5 Å². The highest BCUT2D eigenvalue weighted by Crippen LogP contribution is 2.03. The van der Waals surface area contributed by atoms with Gasteiger partial charge in [-0.3, -0.25) is 0 Å². The van der Waals surface area contributed by atoms with Gasteiger partial charge in [-0.1, -0.05) is 13.8 Å². The van der Waals surface area contributed by atoms with Crippen LogP contribution in [0.4, 0.5) is 0 Å². The van der Waals surface area contributed by atoms with Crippen LogP contribution in [0, 0.1) is 13.8 Å². The molecule has 0 aliphatic carbocycles. The van der Waals surface area contributed by atoms with Crippen molar-refractivity contribution in [2.75, 3.05) is 0 Å². The summed E-state index contributed by atoms with van der Waals surface area (Å²) in [5, 5.41) is 4.16. The van der Waals surface area contributed by atoms with Gasteiger partial charge in [-0.15, -0.1) is 0 Å². The third-order valence-corrected chi connectivity index (χ3v) is 1.58. The molecule has 2 heterocycles. The Bertz CT molecular complexity index is 390. The van der Waals surface area contributed by atoms with Crippen LogP contribution in [0.1, 0.15) is 25.1 Å². The van der Waals surface area contributed by atoms with Crippen molar-refractivity contribution >= 4 is 5.65 Å². The number of hydrogen-bond acceptors (Lipinski definition) is 2. The first-order valence-electron chi connectivity index (χ1n) is 4.54. The topological polar surface area (TPSA) is 30.2 Å². The molecule has 70 valence electrons. The molecular formula is C10H15N3. The normalized spacial score (nSPS) is 9.54. The first-order valence-corrected chi connectivity index (χ1v) is 4.54. The predicted molar refractivity (Wildman–Crippen MR) is 53.8 cm³/mol. The lowest BCUT2D eigenvalue weighted by atomic mass is 10.3. The van der Waals surface area contributed by atoms with Crippen molar-refractivity contribution in [2.45, 2.75) is 27.7 Å². The van der Waals surface area contributed by atoms with Gasteiger partial charge in [-0.05, 0) is 25.5 Å². The summed E-state index contributed by atoms with van der Waals surface area (Å²) in [6.45, 7) is 7.97. The summed E-state index contributed by atoms with van der Waals surface area (Å²) in [6.07, 6.45) is 3.74.